The first-order chi connectivity index (χ1) is 14.8. The normalized spacial score (nSPS) is 10.9. The van der Waals surface area contributed by atoms with Crippen LogP contribution in [0.3, 0.4) is 0 Å². The maximum Gasteiger partial charge on any atom is 0.329 e. The van der Waals surface area contributed by atoms with Crippen molar-refractivity contribution in [1.82, 2.24) is 9.99 Å². The van der Waals surface area contributed by atoms with Crippen molar-refractivity contribution in [3.8, 4) is 11.4 Å². The van der Waals surface area contributed by atoms with Gasteiger partial charge in [0.2, 0.25) is 0 Å². The van der Waals surface area contributed by atoms with Crippen molar-refractivity contribution in [2.24, 2.45) is 5.10 Å². The summed E-state index contributed by atoms with van der Waals surface area (Å²) in [6, 6.07) is 14.6. The summed E-state index contributed by atoms with van der Waals surface area (Å²) in [6.45, 7) is 5.72. The zero-order valence-electron chi connectivity index (χ0n) is 17.7. The first kappa shape index (κ1) is 22.1. The minimum Gasteiger partial charge on any atom is -0.497 e. The Hall–Kier alpha value is -3.58. The van der Waals surface area contributed by atoms with E-state index in [0.717, 1.165) is 34.0 Å². The number of ether oxygens (including phenoxy) is 1. The van der Waals surface area contributed by atoms with Gasteiger partial charge in [-0.2, -0.15) is 5.10 Å². The molecule has 8 heteroatoms. The van der Waals surface area contributed by atoms with Gasteiger partial charge in [-0.15, -0.1) is 0 Å². The van der Waals surface area contributed by atoms with E-state index in [2.05, 4.69) is 20.4 Å². The summed E-state index contributed by atoms with van der Waals surface area (Å²) in [5.41, 5.74) is 7.28. The number of methoxy groups -OCH3 is 1. The molecule has 0 bridgehead atoms. The Balaban J connectivity index is 1.67. The van der Waals surface area contributed by atoms with Crippen LogP contribution < -0.4 is 15.5 Å². The smallest absolute Gasteiger partial charge is 0.329 e. The summed E-state index contributed by atoms with van der Waals surface area (Å²) in [7, 11) is 1.63. The first-order valence-corrected chi connectivity index (χ1v) is 9.92. The Morgan fingerprint density at radius 1 is 1.03 bits per heavy atom. The molecule has 2 N–H and O–H groups in total. The molecule has 0 saturated carbocycles. The van der Waals surface area contributed by atoms with Crippen molar-refractivity contribution in [1.29, 1.82) is 0 Å². The van der Waals surface area contributed by atoms with Crippen LogP contribution in [0.4, 0.5) is 5.69 Å². The van der Waals surface area contributed by atoms with Gasteiger partial charge in [0.25, 0.3) is 0 Å². The fourth-order valence-electron chi connectivity index (χ4n) is 3.20. The first-order valence-electron chi connectivity index (χ1n) is 9.54. The van der Waals surface area contributed by atoms with E-state index in [0.29, 0.717) is 10.7 Å². The molecule has 2 aromatic carbocycles. The number of rotatable bonds is 5. The number of hydrazone groups is 1. The number of carbonyl (C=O) groups excluding carboxylic acids is 2. The number of aryl methyl sites for hydroxylation is 2. The lowest BCUT2D eigenvalue weighted by atomic mass is 10.2. The molecular formula is C23H23ClN4O3. The third-order valence-electron chi connectivity index (χ3n) is 4.81. The summed E-state index contributed by atoms with van der Waals surface area (Å²) in [5.74, 6) is -0.899. The second kappa shape index (κ2) is 9.49. The summed E-state index contributed by atoms with van der Waals surface area (Å²) in [5, 5.41) is 7.03. The predicted molar refractivity (Wildman–Crippen MR) is 122 cm³/mol. The molecular weight excluding hydrogens is 416 g/mol. The Labute approximate surface area is 185 Å². The molecule has 3 aromatic rings. The van der Waals surface area contributed by atoms with Crippen LogP contribution in [0.15, 0.2) is 53.6 Å². The van der Waals surface area contributed by atoms with Gasteiger partial charge in [-0.05, 0) is 74.9 Å². The third kappa shape index (κ3) is 5.13. The van der Waals surface area contributed by atoms with Crippen LogP contribution in [0, 0.1) is 20.8 Å². The van der Waals surface area contributed by atoms with Gasteiger partial charge in [-0.3, -0.25) is 9.59 Å². The van der Waals surface area contributed by atoms with Crippen LogP contribution in [-0.4, -0.2) is 29.7 Å². The Morgan fingerprint density at radius 3 is 2.39 bits per heavy atom. The predicted octanol–water partition coefficient (Wildman–Crippen LogP) is 4.15. The van der Waals surface area contributed by atoms with Crippen LogP contribution in [-0.2, 0) is 9.59 Å². The molecule has 0 unspecified atom stereocenters. The SMILES string of the molecule is COc1ccc(-n2c(C)cc(/C=N\NC(=O)C(=O)Nc3ccc(Cl)cc3C)c2C)cc1. The van der Waals surface area contributed by atoms with E-state index in [1.807, 2.05) is 44.2 Å². The highest BCUT2D eigenvalue weighted by atomic mass is 35.5. The molecule has 31 heavy (non-hydrogen) atoms. The number of anilines is 1. The molecule has 3 rings (SSSR count). The van der Waals surface area contributed by atoms with Crippen molar-refractivity contribution in [2.75, 3.05) is 12.4 Å². The summed E-state index contributed by atoms with van der Waals surface area (Å²) in [6.07, 6.45) is 1.51. The second-order valence-electron chi connectivity index (χ2n) is 6.97. The van der Waals surface area contributed by atoms with Gasteiger partial charge < -0.3 is 14.6 Å². The largest absolute Gasteiger partial charge is 0.497 e. The summed E-state index contributed by atoms with van der Waals surface area (Å²) in [4.78, 5) is 24.2. The molecule has 0 atom stereocenters. The van der Waals surface area contributed by atoms with Gasteiger partial charge in [0.1, 0.15) is 5.75 Å². The van der Waals surface area contributed by atoms with E-state index >= 15 is 0 Å². The van der Waals surface area contributed by atoms with Gasteiger partial charge in [-0.1, -0.05) is 11.6 Å². The fraction of sp³-hybridized carbons (Fsp3) is 0.174. The number of carbonyl (C=O) groups is 2. The standard InChI is InChI=1S/C23H23ClN4O3/c1-14-11-18(24)5-10-21(14)26-22(29)23(30)27-25-13-17-12-15(2)28(16(17)3)19-6-8-20(31-4)9-7-19/h5-13H,1-4H3,(H,26,29)(H,27,30)/b25-13-. The van der Waals surface area contributed by atoms with E-state index in [1.54, 1.807) is 32.2 Å². The molecule has 160 valence electrons. The Morgan fingerprint density at radius 2 is 1.74 bits per heavy atom. The number of hydrogen-bond donors (Lipinski definition) is 2. The highest BCUT2D eigenvalue weighted by Gasteiger charge is 2.14. The highest BCUT2D eigenvalue weighted by molar-refractivity contribution is 6.39. The van der Waals surface area contributed by atoms with Crippen molar-refractivity contribution in [3.05, 3.63) is 76.1 Å². The van der Waals surface area contributed by atoms with Crippen molar-refractivity contribution < 1.29 is 14.3 Å². The lowest BCUT2D eigenvalue weighted by Crippen LogP contribution is -2.32. The second-order valence-corrected chi connectivity index (χ2v) is 7.41. The van der Waals surface area contributed by atoms with Gasteiger partial charge >= 0.3 is 11.8 Å². The number of benzene rings is 2. The number of hydrogen-bond acceptors (Lipinski definition) is 4. The fourth-order valence-corrected chi connectivity index (χ4v) is 3.43. The average Bonchev–Trinajstić information content (AvgIpc) is 3.03. The minimum atomic E-state index is -0.866. The molecule has 0 aliphatic carbocycles. The number of aromatic nitrogens is 1. The van der Waals surface area contributed by atoms with Crippen molar-refractivity contribution in [2.45, 2.75) is 20.8 Å². The molecule has 0 fully saturated rings. The van der Waals surface area contributed by atoms with E-state index in [9.17, 15) is 9.59 Å². The molecule has 1 aromatic heterocycles. The van der Waals surface area contributed by atoms with E-state index in [-0.39, 0.29) is 0 Å². The van der Waals surface area contributed by atoms with E-state index in [4.69, 9.17) is 16.3 Å². The summed E-state index contributed by atoms with van der Waals surface area (Å²) >= 11 is 5.90. The summed E-state index contributed by atoms with van der Waals surface area (Å²) < 4.78 is 7.27. The molecule has 7 nitrogen and oxygen atoms in total. The lowest BCUT2D eigenvalue weighted by molar-refractivity contribution is -0.136. The molecule has 0 spiro atoms. The molecule has 0 saturated heterocycles. The molecule has 0 aliphatic rings. The maximum absolute atomic E-state index is 12.1. The van der Waals surface area contributed by atoms with Crippen molar-refractivity contribution >= 4 is 35.3 Å². The van der Waals surface area contributed by atoms with Crippen LogP contribution in [0.5, 0.6) is 5.75 Å². The lowest BCUT2D eigenvalue weighted by Gasteiger charge is -2.10. The number of halogens is 1. The molecule has 0 radical (unpaired) electrons. The van der Waals surface area contributed by atoms with Gasteiger partial charge in [0, 0.05) is 33.3 Å². The van der Waals surface area contributed by atoms with Crippen LogP contribution in [0.2, 0.25) is 5.02 Å². The number of nitrogens with one attached hydrogen (secondary N) is 2. The van der Waals surface area contributed by atoms with Gasteiger partial charge in [0.15, 0.2) is 0 Å². The minimum absolute atomic E-state index is 0.511. The Bertz CT molecular complexity index is 1150. The van der Waals surface area contributed by atoms with Crippen LogP contribution >= 0.6 is 11.6 Å². The van der Waals surface area contributed by atoms with E-state index < -0.39 is 11.8 Å². The van der Waals surface area contributed by atoms with Crippen LogP contribution in [0.25, 0.3) is 5.69 Å². The van der Waals surface area contributed by atoms with E-state index in [1.165, 1.54) is 6.21 Å². The monoisotopic (exact) mass is 438 g/mol. The molecule has 0 aliphatic heterocycles. The van der Waals surface area contributed by atoms with Gasteiger partial charge in [-0.25, -0.2) is 5.43 Å². The number of amides is 2. The van der Waals surface area contributed by atoms with Crippen molar-refractivity contribution in [3.63, 3.8) is 0 Å². The Kier molecular flexibility index (Phi) is 6.77. The number of nitrogens with zero attached hydrogens (tertiary/aromatic N) is 2. The zero-order valence-corrected chi connectivity index (χ0v) is 18.4. The molecule has 1 heterocycles. The topological polar surface area (TPSA) is 84.7 Å². The third-order valence-corrected chi connectivity index (χ3v) is 5.05. The zero-order chi connectivity index (χ0) is 22.5. The van der Waals surface area contributed by atoms with Gasteiger partial charge in [0.05, 0.1) is 13.3 Å². The quantitative estimate of drug-likeness (QED) is 0.356. The average molecular weight is 439 g/mol. The van der Waals surface area contributed by atoms with Crippen LogP contribution in [0.1, 0.15) is 22.5 Å². The maximum atomic E-state index is 12.1. The highest BCUT2D eigenvalue weighted by Crippen LogP contribution is 2.22. The molecule has 2 amide bonds.